The lowest BCUT2D eigenvalue weighted by molar-refractivity contribution is 0.441. The predicted octanol–water partition coefficient (Wildman–Crippen LogP) is 3.06. The molecule has 1 aromatic carbocycles. The lowest BCUT2D eigenvalue weighted by Gasteiger charge is -1.99. The summed E-state index contributed by atoms with van der Waals surface area (Å²) in [5, 5.41) is 0.511. The second kappa shape index (κ2) is 4.03. The molecule has 0 fully saturated rings. The van der Waals surface area contributed by atoms with Gasteiger partial charge in [0, 0.05) is 4.90 Å². The zero-order valence-corrected chi connectivity index (χ0v) is 9.51. The lowest BCUT2D eigenvalue weighted by Crippen LogP contribution is -1.90. The van der Waals surface area contributed by atoms with Gasteiger partial charge < -0.3 is 4.42 Å². The molecule has 78 valence electrons. The van der Waals surface area contributed by atoms with Gasteiger partial charge in [0.2, 0.25) is 0 Å². The zero-order chi connectivity index (χ0) is 10.8. The standard InChI is InChI=1S/C12H12O2S/c1-9-3-6-11(7-4-9)15(13)12-8-5-10(2)14-12/h3-8H,1-2H3. The Bertz CT molecular complexity index is 483. The molecule has 0 N–H and O–H groups in total. The second-order valence-corrected chi connectivity index (χ2v) is 4.86. The molecule has 1 heterocycles. The van der Waals surface area contributed by atoms with Gasteiger partial charge in [-0.2, -0.15) is 0 Å². The third-order valence-electron chi connectivity index (χ3n) is 2.13. The van der Waals surface area contributed by atoms with Crippen molar-refractivity contribution in [2.75, 3.05) is 0 Å². The summed E-state index contributed by atoms with van der Waals surface area (Å²) in [6.45, 7) is 3.85. The van der Waals surface area contributed by atoms with Gasteiger partial charge in [-0.1, -0.05) is 17.7 Å². The first-order chi connectivity index (χ1) is 7.16. The molecule has 0 saturated heterocycles. The molecule has 0 aliphatic rings. The summed E-state index contributed by atoms with van der Waals surface area (Å²) in [5.74, 6) is 0.783. The van der Waals surface area contributed by atoms with E-state index in [1.807, 2.05) is 44.2 Å². The van der Waals surface area contributed by atoms with Crippen LogP contribution in [-0.4, -0.2) is 4.21 Å². The van der Waals surface area contributed by atoms with Crippen LogP contribution in [0.4, 0.5) is 0 Å². The van der Waals surface area contributed by atoms with Crippen LogP contribution in [-0.2, 0) is 10.8 Å². The van der Waals surface area contributed by atoms with Gasteiger partial charge in [-0.05, 0) is 38.1 Å². The smallest absolute Gasteiger partial charge is 0.195 e. The van der Waals surface area contributed by atoms with E-state index < -0.39 is 10.8 Å². The van der Waals surface area contributed by atoms with E-state index in [0.717, 1.165) is 16.2 Å². The third kappa shape index (κ3) is 2.18. The van der Waals surface area contributed by atoms with E-state index in [2.05, 4.69) is 0 Å². The van der Waals surface area contributed by atoms with E-state index in [9.17, 15) is 4.21 Å². The number of aryl methyl sites for hydroxylation is 2. The average Bonchev–Trinajstić information content (AvgIpc) is 2.65. The normalized spacial score (nSPS) is 12.7. The van der Waals surface area contributed by atoms with Crippen LogP contribution in [0.25, 0.3) is 0 Å². The number of hydrogen-bond donors (Lipinski definition) is 0. The van der Waals surface area contributed by atoms with Crippen molar-refractivity contribution in [2.24, 2.45) is 0 Å². The van der Waals surface area contributed by atoms with E-state index in [4.69, 9.17) is 4.42 Å². The molecule has 0 spiro atoms. The van der Waals surface area contributed by atoms with E-state index in [1.165, 1.54) is 0 Å². The number of benzene rings is 1. The van der Waals surface area contributed by atoms with Gasteiger partial charge in [0.25, 0.3) is 0 Å². The topological polar surface area (TPSA) is 30.2 Å². The zero-order valence-electron chi connectivity index (χ0n) is 8.69. The first kappa shape index (κ1) is 10.2. The van der Waals surface area contributed by atoms with Gasteiger partial charge in [-0.25, -0.2) is 4.21 Å². The molecule has 15 heavy (non-hydrogen) atoms. The highest BCUT2D eigenvalue weighted by atomic mass is 32.2. The molecule has 1 unspecified atom stereocenters. The molecule has 2 nitrogen and oxygen atoms in total. The van der Waals surface area contributed by atoms with Crippen LogP contribution < -0.4 is 0 Å². The van der Waals surface area contributed by atoms with Crippen LogP contribution in [0.2, 0.25) is 0 Å². The van der Waals surface area contributed by atoms with E-state index in [-0.39, 0.29) is 0 Å². The maximum absolute atomic E-state index is 12.0. The summed E-state index contributed by atoms with van der Waals surface area (Å²) >= 11 is 0. The van der Waals surface area contributed by atoms with Crippen molar-refractivity contribution in [1.29, 1.82) is 0 Å². The number of rotatable bonds is 2. The minimum Gasteiger partial charge on any atom is -0.452 e. The predicted molar refractivity (Wildman–Crippen MR) is 59.3 cm³/mol. The minimum atomic E-state index is -1.20. The van der Waals surface area contributed by atoms with Crippen molar-refractivity contribution in [3.63, 3.8) is 0 Å². The molecular weight excluding hydrogens is 208 g/mol. The highest BCUT2D eigenvalue weighted by Gasteiger charge is 2.10. The van der Waals surface area contributed by atoms with Crippen LogP contribution in [0.1, 0.15) is 11.3 Å². The van der Waals surface area contributed by atoms with Gasteiger partial charge >= 0.3 is 0 Å². The van der Waals surface area contributed by atoms with Crippen LogP contribution in [0.3, 0.4) is 0 Å². The molecule has 0 bridgehead atoms. The fraction of sp³-hybridized carbons (Fsp3) is 0.167. The van der Waals surface area contributed by atoms with Gasteiger partial charge in [0.1, 0.15) is 16.6 Å². The van der Waals surface area contributed by atoms with Crippen LogP contribution in [0, 0.1) is 13.8 Å². The first-order valence-electron chi connectivity index (χ1n) is 4.72. The lowest BCUT2D eigenvalue weighted by atomic mass is 10.2. The van der Waals surface area contributed by atoms with Crippen molar-refractivity contribution in [3.8, 4) is 0 Å². The Morgan fingerprint density at radius 3 is 2.20 bits per heavy atom. The SMILES string of the molecule is Cc1ccc(S(=O)c2ccc(C)o2)cc1. The summed E-state index contributed by atoms with van der Waals surface area (Å²) in [7, 11) is -1.20. The summed E-state index contributed by atoms with van der Waals surface area (Å²) in [6.07, 6.45) is 0. The van der Waals surface area contributed by atoms with E-state index in [0.29, 0.717) is 5.09 Å². The van der Waals surface area contributed by atoms with Crippen LogP contribution in [0.5, 0.6) is 0 Å². The average molecular weight is 220 g/mol. The monoisotopic (exact) mass is 220 g/mol. The Labute approximate surface area is 91.4 Å². The maximum Gasteiger partial charge on any atom is 0.195 e. The van der Waals surface area contributed by atoms with Crippen molar-refractivity contribution >= 4 is 10.8 Å². The Morgan fingerprint density at radius 2 is 1.67 bits per heavy atom. The van der Waals surface area contributed by atoms with E-state index >= 15 is 0 Å². The highest BCUT2D eigenvalue weighted by molar-refractivity contribution is 7.85. The summed E-state index contributed by atoms with van der Waals surface area (Å²) in [4.78, 5) is 0.773. The van der Waals surface area contributed by atoms with Gasteiger partial charge in [-0.3, -0.25) is 0 Å². The van der Waals surface area contributed by atoms with Gasteiger partial charge in [0.15, 0.2) is 5.09 Å². The third-order valence-corrected chi connectivity index (χ3v) is 3.42. The van der Waals surface area contributed by atoms with Crippen LogP contribution >= 0.6 is 0 Å². The molecule has 2 aromatic rings. The molecule has 0 aliphatic carbocycles. The largest absolute Gasteiger partial charge is 0.452 e. The fourth-order valence-corrected chi connectivity index (χ4v) is 2.30. The maximum atomic E-state index is 12.0. The molecular formula is C12H12O2S. The Balaban J connectivity index is 2.32. The Hall–Kier alpha value is -1.35. The summed E-state index contributed by atoms with van der Waals surface area (Å²) in [5.41, 5.74) is 1.16. The van der Waals surface area contributed by atoms with Gasteiger partial charge in [0.05, 0.1) is 0 Å². The molecule has 0 saturated carbocycles. The summed E-state index contributed by atoms with van der Waals surface area (Å²) < 4.78 is 17.3. The molecule has 2 rings (SSSR count). The minimum absolute atomic E-state index is 0.511. The molecule has 1 aromatic heterocycles. The molecule has 3 heteroatoms. The van der Waals surface area contributed by atoms with E-state index in [1.54, 1.807) is 6.07 Å². The summed E-state index contributed by atoms with van der Waals surface area (Å²) in [6, 6.07) is 11.2. The van der Waals surface area contributed by atoms with Crippen LogP contribution in [0.15, 0.2) is 50.8 Å². The fourth-order valence-electron chi connectivity index (χ4n) is 1.29. The second-order valence-electron chi connectivity index (χ2n) is 3.45. The molecule has 1 atom stereocenters. The quantitative estimate of drug-likeness (QED) is 0.778. The van der Waals surface area contributed by atoms with Crippen molar-refractivity contribution < 1.29 is 8.63 Å². The Kier molecular flexibility index (Phi) is 2.73. The van der Waals surface area contributed by atoms with Crippen molar-refractivity contribution in [3.05, 3.63) is 47.7 Å². The number of hydrogen-bond acceptors (Lipinski definition) is 2. The Morgan fingerprint density at radius 1 is 1.00 bits per heavy atom. The number of furan rings is 1. The van der Waals surface area contributed by atoms with Crippen molar-refractivity contribution in [2.45, 2.75) is 23.8 Å². The molecule has 0 aliphatic heterocycles. The van der Waals surface area contributed by atoms with Crippen molar-refractivity contribution in [1.82, 2.24) is 0 Å². The molecule has 0 radical (unpaired) electrons. The molecule has 0 amide bonds. The highest BCUT2D eigenvalue weighted by Crippen LogP contribution is 2.18. The first-order valence-corrected chi connectivity index (χ1v) is 5.87. The van der Waals surface area contributed by atoms with Gasteiger partial charge in [-0.15, -0.1) is 0 Å².